The van der Waals surface area contributed by atoms with E-state index in [4.69, 9.17) is 4.74 Å². The molecular weight excluding hydrogens is 514 g/mol. The summed E-state index contributed by atoms with van der Waals surface area (Å²) in [4.78, 5) is 45.6. The number of urea groups is 1. The molecule has 1 aliphatic heterocycles. The predicted molar refractivity (Wildman–Crippen MR) is 151 cm³/mol. The first-order chi connectivity index (χ1) is 18.9. The van der Waals surface area contributed by atoms with Gasteiger partial charge in [-0.2, -0.15) is 0 Å². The Labute approximate surface area is 229 Å². The van der Waals surface area contributed by atoms with Crippen molar-refractivity contribution < 1.29 is 19.1 Å². The van der Waals surface area contributed by atoms with Crippen LogP contribution in [-0.4, -0.2) is 34.9 Å². The summed E-state index contributed by atoms with van der Waals surface area (Å²) in [5.41, 5.74) is 2.68. The number of ether oxygens (including phenoxy) is 1. The highest BCUT2D eigenvalue weighted by atomic mass is 32.1. The monoisotopic (exact) mass is 541 g/mol. The van der Waals surface area contributed by atoms with Gasteiger partial charge >= 0.3 is 6.03 Å². The number of aryl methyl sites for hydroxylation is 1. The van der Waals surface area contributed by atoms with E-state index in [2.05, 4.69) is 20.9 Å². The second-order valence-corrected chi connectivity index (χ2v) is 10.8. The average Bonchev–Trinajstić information content (AvgIpc) is 3.50. The zero-order valence-electron chi connectivity index (χ0n) is 21.5. The largest absolute Gasteiger partial charge is 0.457 e. The molecule has 0 radical (unpaired) electrons. The van der Waals surface area contributed by atoms with Crippen LogP contribution < -0.4 is 25.6 Å². The van der Waals surface area contributed by atoms with Crippen LogP contribution in [-0.2, 0) is 4.79 Å². The average molecular weight is 542 g/mol. The number of pyridine rings is 1. The molecular formula is C29H27N5O4S. The molecule has 10 heteroatoms. The topological polar surface area (TPSA) is 113 Å². The highest BCUT2D eigenvalue weighted by Gasteiger charge is 2.35. The Bertz CT molecular complexity index is 1600. The number of hydrogen-bond acceptors (Lipinski definition) is 6. The minimum atomic E-state index is -0.362. The summed E-state index contributed by atoms with van der Waals surface area (Å²) in [6.07, 6.45) is 4.16. The first kappa shape index (κ1) is 24.9. The van der Waals surface area contributed by atoms with Crippen LogP contribution >= 0.6 is 11.3 Å². The Morgan fingerprint density at radius 1 is 1.03 bits per heavy atom. The summed E-state index contributed by atoms with van der Waals surface area (Å²) >= 11 is 1.24. The molecule has 2 atom stereocenters. The molecule has 3 heterocycles. The lowest BCUT2D eigenvalue weighted by molar-refractivity contribution is -0.119. The van der Waals surface area contributed by atoms with Gasteiger partial charge in [-0.3, -0.25) is 14.5 Å². The third kappa shape index (κ3) is 4.67. The third-order valence-electron chi connectivity index (χ3n) is 7.06. The zero-order valence-corrected chi connectivity index (χ0v) is 22.3. The van der Waals surface area contributed by atoms with Crippen molar-refractivity contribution >= 4 is 56.5 Å². The van der Waals surface area contributed by atoms with E-state index in [0.717, 1.165) is 36.0 Å². The van der Waals surface area contributed by atoms with Gasteiger partial charge in [0.15, 0.2) is 0 Å². The highest BCUT2D eigenvalue weighted by molar-refractivity contribution is 7.21. The van der Waals surface area contributed by atoms with Crippen LogP contribution in [0.1, 0.15) is 41.4 Å². The fourth-order valence-electron chi connectivity index (χ4n) is 5.35. The van der Waals surface area contributed by atoms with Crippen LogP contribution in [0.15, 0.2) is 60.8 Å². The van der Waals surface area contributed by atoms with E-state index in [9.17, 15) is 14.4 Å². The number of amides is 4. The number of nitrogens with one attached hydrogen (secondary N) is 3. The van der Waals surface area contributed by atoms with E-state index in [1.807, 2.05) is 55.5 Å². The molecule has 0 saturated heterocycles. The van der Waals surface area contributed by atoms with E-state index in [-0.39, 0.29) is 29.9 Å². The van der Waals surface area contributed by atoms with Crippen molar-refractivity contribution in [2.45, 2.75) is 45.2 Å². The molecule has 4 amide bonds. The van der Waals surface area contributed by atoms with Gasteiger partial charge in [-0.1, -0.05) is 18.2 Å². The Morgan fingerprint density at radius 2 is 1.79 bits per heavy atom. The maximum absolute atomic E-state index is 13.5. The molecule has 2 aromatic heterocycles. The second kappa shape index (κ2) is 10.0. The summed E-state index contributed by atoms with van der Waals surface area (Å²) in [6, 6.07) is 16.2. The molecule has 2 unspecified atom stereocenters. The summed E-state index contributed by atoms with van der Waals surface area (Å²) in [5, 5.41) is 9.67. The van der Waals surface area contributed by atoms with Gasteiger partial charge < -0.3 is 20.7 Å². The molecule has 9 nitrogen and oxygen atoms in total. The van der Waals surface area contributed by atoms with Crippen molar-refractivity contribution in [1.29, 1.82) is 0 Å². The minimum Gasteiger partial charge on any atom is -0.457 e. The Hall–Kier alpha value is -4.44. The minimum absolute atomic E-state index is 0.104. The van der Waals surface area contributed by atoms with Gasteiger partial charge in [0, 0.05) is 25.2 Å². The molecule has 1 fully saturated rings. The van der Waals surface area contributed by atoms with Gasteiger partial charge in [0.1, 0.15) is 21.2 Å². The van der Waals surface area contributed by atoms with Crippen molar-refractivity contribution in [2.75, 3.05) is 10.2 Å². The van der Waals surface area contributed by atoms with Crippen LogP contribution in [0.3, 0.4) is 0 Å². The molecule has 198 valence electrons. The number of benzene rings is 2. The Kier molecular flexibility index (Phi) is 6.40. The molecule has 39 heavy (non-hydrogen) atoms. The van der Waals surface area contributed by atoms with E-state index >= 15 is 0 Å². The lowest BCUT2D eigenvalue weighted by Crippen LogP contribution is -2.48. The number of carbonyl (C=O) groups excluding carboxylic acids is 3. The van der Waals surface area contributed by atoms with Crippen molar-refractivity contribution in [3.63, 3.8) is 0 Å². The smallest absolute Gasteiger partial charge is 0.331 e. The normalized spacial score (nSPS) is 18.1. The van der Waals surface area contributed by atoms with Crippen molar-refractivity contribution in [2.24, 2.45) is 0 Å². The molecule has 1 saturated carbocycles. The molecule has 2 aromatic carbocycles. The van der Waals surface area contributed by atoms with Crippen LogP contribution in [0, 0.1) is 6.92 Å². The summed E-state index contributed by atoms with van der Waals surface area (Å²) in [6.45, 7) is 3.40. The number of carbonyl (C=O) groups is 3. The molecule has 0 spiro atoms. The first-order valence-electron chi connectivity index (χ1n) is 12.8. The lowest BCUT2D eigenvalue weighted by Gasteiger charge is -2.29. The Morgan fingerprint density at radius 3 is 2.54 bits per heavy atom. The summed E-state index contributed by atoms with van der Waals surface area (Å²) in [7, 11) is 0. The summed E-state index contributed by atoms with van der Waals surface area (Å²) < 4.78 is 5.96. The number of nitrogens with zero attached hydrogens (tertiary/aromatic N) is 2. The summed E-state index contributed by atoms with van der Waals surface area (Å²) in [5.74, 6) is 0.994. The fourth-order valence-corrected chi connectivity index (χ4v) is 6.37. The highest BCUT2D eigenvalue weighted by Crippen LogP contribution is 2.46. The van der Waals surface area contributed by atoms with Crippen LogP contribution in [0.5, 0.6) is 11.5 Å². The molecule has 4 aromatic rings. The quantitative estimate of drug-likeness (QED) is 0.283. The van der Waals surface area contributed by atoms with Gasteiger partial charge in [0.25, 0.3) is 5.91 Å². The number of thiophene rings is 1. The maximum Gasteiger partial charge on any atom is 0.331 e. The van der Waals surface area contributed by atoms with Gasteiger partial charge in [-0.15, -0.1) is 11.3 Å². The number of rotatable bonds is 6. The second-order valence-electron chi connectivity index (χ2n) is 9.76. The van der Waals surface area contributed by atoms with Gasteiger partial charge in [-0.05, 0) is 68.1 Å². The molecule has 6 rings (SSSR count). The third-order valence-corrected chi connectivity index (χ3v) is 8.16. The van der Waals surface area contributed by atoms with E-state index < -0.39 is 0 Å². The van der Waals surface area contributed by atoms with Crippen LogP contribution in [0.2, 0.25) is 0 Å². The standard InChI is InChI=1S/C29H27N5O4S/c1-16-15-19(38-18-7-4-3-5-8-18)11-12-22(16)34-23-13-14-30-28-24(23)25(33-29(34)37)26(39-28)27(36)32-21-10-6-9-20(21)31-17(2)35/h3-5,7-8,11-15,20-21H,6,9-10H2,1-2H3,(H,31,35)(H,32,36)(H,33,37). The molecule has 1 aliphatic carbocycles. The van der Waals surface area contributed by atoms with Crippen molar-refractivity contribution in [1.82, 2.24) is 15.6 Å². The predicted octanol–water partition coefficient (Wildman–Crippen LogP) is 5.87. The number of para-hydroxylation sites is 1. The molecule has 2 aliphatic rings. The lowest BCUT2D eigenvalue weighted by atomic mass is 10.1. The number of anilines is 3. The fraction of sp³-hybridized carbons (Fsp3) is 0.241. The maximum atomic E-state index is 13.5. The number of hydrogen-bond donors (Lipinski definition) is 3. The number of aromatic nitrogens is 1. The van der Waals surface area contributed by atoms with E-state index in [1.54, 1.807) is 17.2 Å². The van der Waals surface area contributed by atoms with Gasteiger partial charge in [0.05, 0.1) is 22.4 Å². The molecule has 3 N–H and O–H groups in total. The van der Waals surface area contributed by atoms with Crippen molar-refractivity contribution in [3.05, 3.63) is 71.2 Å². The Balaban J connectivity index is 1.31. The molecule has 0 bridgehead atoms. The van der Waals surface area contributed by atoms with E-state index in [0.29, 0.717) is 32.5 Å². The zero-order chi connectivity index (χ0) is 27.1. The van der Waals surface area contributed by atoms with Gasteiger partial charge in [0.2, 0.25) is 5.91 Å². The first-order valence-corrected chi connectivity index (χ1v) is 13.6. The van der Waals surface area contributed by atoms with Crippen LogP contribution in [0.25, 0.3) is 10.2 Å². The SMILES string of the molecule is CC(=O)NC1CCCC1NC(=O)c1sc2nccc3c2c1NC(=O)N3c1ccc(Oc2ccccc2)cc1C. The van der Waals surface area contributed by atoms with Crippen molar-refractivity contribution in [3.8, 4) is 11.5 Å². The van der Waals surface area contributed by atoms with Gasteiger partial charge in [-0.25, -0.2) is 9.78 Å². The van der Waals surface area contributed by atoms with E-state index in [1.165, 1.54) is 18.3 Å². The van der Waals surface area contributed by atoms with Crippen LogP contribution in [0.4, 0.5) is 21.9 Å².